The molecule has 0 bridgehead atoms. The topological polar surface area (TPSA) is 83.5 Å². The number of carbonyl (C=O) groups is 2. The number of hydrogen-bond acceptors (Lipinski definition) is 5. The van der Waals surface area contributed by atoms with Crippen molar-refractivity contribution in [2.75, 3.05) is 60.6 Å². The zero-order chi connectivity index (χ0) is 18.2. The normalized spacial score (nSPS) is 21.1. The van der Waals surface area contributed by atoms with E-state index in [4.69, 9.17) is 9.47 Å². The van der Waals surface area contributed by atoms with Gasteiger partial charge in [-0.05, 0) is 19.3 Å². The second kappa shape index (κ2) is 11.6. The number of amides is 1. The van der Waals surface area contributed by atoms with Gasteiger partial charge in [0.1, 0.15) is 6.54 Å². The lowest BCUT2D eigenvalue weighted by Crippen LogP contribution is -2.48. The Labute approximate surface area is 172 Å². The molecule has 2 saturated heterocycles. The van der Waals surface area contributed by atoms with E-state index in [0.717, 1.165) is 58.1 Å². The minimum Gasteiger partial charge on any atom is -0.469 e. The summed E-state index contributed by atoms with van der Waals surface area (Å²) in [6.07, 6.45) is 2.52. The first-order valence-corrected chi connectivity index (χ1v) is 8.90. The van der Waals surface area contributed by atoms with Crippen LogP contribution in [-0.2, 0) is 19.1 Å². The molecule has 0 radical (unpaired) electrons. The van der Waals surface area contributed by atoms with Crippen molar-refractivity contribution in [3.63, 3.8) is 0 Å². The Morgan fingerprint density at radius 2 is 1.96 bits per heavy atom. The lowest BCUT2D eigenvalue weighted by Gasteiger charge is -2.33. The molecule has 1 N–H and O–H groups in total. The number of carbonyl (C=O) groups excluding carboxylic acids is 2. The van der Waals surface area contributed by atoms with E-state index in [1.807, 2.05) is 0 Å². The number of rotatable bonds is 5. The van der Waals surface area contributed by atoms with Gasteiger partial charge in [-0.1, -0.05) is 0 Å². The molecule has 2 fully saturated rings. The number of likely N-dealkylation sites (N-methyl/N-ethyl adjacent to an activating group) is 1. The monoisotopic (exact) mass is 482 g/mol. The van der Waals surface area contributed by atoms with E-state index in [0.29, 0.717) is 5.92 Å². The number of methoxy groups -OCH3 is 1. The molecule has 0 aliphatic carbocycles. The van der Waals surface area contributed by atoms with Gasteiger partial charge in [-0.15, -0.1) is 24.0 Å². The van der Waals surface area contributed by atoms with Crippen LogP contribution in [-0.4, -0.2) is 88.2 Å². The van der Waals surface area contributed by atoms with Crippen LogP contribution in [0.15, 0.2) is 4.99 Å². The molecule has 150 valence electrons. The van der Waals surface area contributed by atoms with Gasteiger partial charge in [0.15, 0.2) is 5.96 Å². The third kappa shape index (κ3) is 6.90. The highest BCUT2D eigenvalue weighted by Crippen LogP contribution is 2.19. The van der Waals surface area contributed by atoms with Gasteiger partial charge in [0.25, 0.3) is 0 Å². The summed E-state index contributed by atoms with van der Waals surface area (Å²) in [7, 11) is 4.88. The predicted molar refractivity (Wildman–Crippen MR) is 110 cm³/mol. The predicted octanol–water partition coefficient (Wildman–Crippen LogP) is 0.560. The third-order valence-corrected chi connectivity index (χ3v) is 4.76. The Bertz CT molecular complexity index is 487. The quantitative estimate of drug-likeness (QED) is 0.267. The largest absolute Gasteiger partial charge is 0.469 e. The van der Waals surface area contributed by atoms with Gasteiger partial charge in [0, 0.05) is 46.3 Å². The number of halogens is 1. The Hall–Kier alpha value is -1.10. The van der Waals surface area contributed by atoms with E-state index in [-0.39, 0.29) is 48.3 Å². The average Bonchev–Trinajstić information content (AvgIpc) is 3.14. The van der Waals surface area contributed by atoms with Crippen LogP contribution in [0, 0.1) is 11.8 Å². The maximum atomic E-state index is 11.9. The number of likely N-dealkylation sites (tertiary alicyclic amines) is 1. The summed E-state index contributed by atoms with van der Waals surface area (Å²) < 4.78 is 10.2. The van der Waals surface area contributed by atoms with Gasteiger partial charge in [-0.3, -0.25) is 9.59 Å². The van der Waals surface area contributed by atoms with E-state index in [9.17, 15) is 9.59 Å². The van der Waals surface area contributed by atoms with Crippen molar-refractivity contribution in [1.82, 2.24) is 15.1 Å². The first-order valence-electron chi connectivity index (χ1n) is 8.90. The molecule has 0 aromatic carbocycles. The molecule has 0 aromatic heterocycles. The van der Waals surface area contributed by atoms with E-state index in [2.05, 4.69) is 15.2 Å². The highest BCUT2D eigenvalue weighted by molar-refractivity contribution is 14.0. The molecule has 0 spiro atoms. The van der Waals surface area contributed by atoms with Crippen molar-refractivity contribution in [1.29, 1.82) is 0 Å². The lowest BCUT2D eigenvalue weighted by atomic mass is 9.97. The van der Waals surface area contributed by atoms with Crippen molar-refractivity contribution < 1.29 is 19.1 Å². The van der Waals surface area contributed by atoms with Gasteiger partial charge < -0.3 is 24.6 Å². The lowest BCUT2D eigenvalue weighted by molar-refractivity contribution is -0.146. The first kappa shape index (κ1) is 22.9. The highest BCUT2D eigenvalue weighted by atomic mass is 127. The van der Waals surface area contributed by atoms with Crippen molar-refractivity contribution in [2.24, 2.45) is 16.8 Å². The number of nitrogens with one attached hydrogen (secondary N) is 1. The summed E-state index contributed by atoms with van der Waals surface area (Å²) in [5.41, 5.74) is 0. The SMILES string of the molecule is COC(=O)C1CCN(C(=NCC(=O)N(C)C)NCC2CCOC2)CC1.I. The van der Waals surface area contributed by atoms with Gasteiger partial charge in [-0.2, -0.15) is 0 Å². The van der Waals surface area contributed by atoms with Crippen molar-refractivity contribution in [2.45, 2.75) is 19.3 Å². The maximum absolute atomic E-state index is 11.9. The summed E-state index contributed by atoms with van der Waals surface area (Å²) in [6.45, 7) is 3.93. The molecule has 2 rings (SSSR count). The second-order valence-corrected chi connectivity index (χ2v) is 6.82. The molecule has 2 aliphatic rings. The van der Waals surface area contributed by atoms with Gasteiger partial charge in [0.2, 0.25) is 5.91 Å². The fourth-order valence-electron chi connectivity index (χ4n) is 3.03. The first-order chi connectivity index (χ1) is 12.0. The van der Waals surface area contributed by atoms with Crippen LogP contribution in [0.5, 0.6) is 0 Å². The van der Waals surface area contributed by atoms with Crippen LogP contribution >= 0.6 is 24.0 Å². The molecule has 0 aromatic rings. The van der Waals surface area contributed by atoms with Crippen molar-refractivity contribution >= 4 is 41.8 Å². The van der Waals surface area contributed by atoms with E-state index in [1.165, 1.54) is 12.0 Å². The number of ether oxygens (including phenoxy) is 2. The number of aliphatic imine (C=N–C) groups is 1. The average molecular weight is 482 g/mol. The number of hydrogen-bond donors (Lipinski definition) is 1. The van der Waals surface area contributed by atoms with Crippen LogP contribution in [0.2, 0.25) is 0 Å². The van der Waals surface area contributed by atoms with Crippen LogP contribution in [0.3, 0.4) is 0 Å². The summed E-state index contributed by atoms with van der Waals surface area (Å²) >= 11 is 0. The molecule has 0 saturated carbocycles. The second-order valence-electron chi connectivity index (χ2n) is 6.82. The standard InChI is InChI=1S/C17H30N4O4.HI/c1-20(2)15(22)11-19-17(18-10-13-6-9-25-12-13)21-7-4-14(5-8-21)16(23)24-3;/h13-14H,4-12H2,1-3H3,(H,18,19);1H. The smallest absolute Gasteiger partial charge is 0.308 e. The Morgan fingerprint density at radius 1 is 1.27 bits per heavy atom. The molecule has 9 heteroatoms. The Balaban J connectivity index is 0.00000338. The molecule has 26 heavy (non-hydrogen) atoms. The molecule has 2 heterocycles. The Morgan fingerprint density at radius 3 is 2.50 bits per heavy atom. The summed E-state index contributed by atoms with van der Waals surface area (Å²) in [5, 5.41) is 3.39. The fraction of sp³-hybridized carbons (Fsp3) is 0.824. The van der Waals surface area contributed by atoms with Crippen LogP contribution < -0.4 is 5.32 Å². The zero-order valence-electron chi connectivity index (χ0n) is 15.9. The maximum Gasteiger partial charge on any atom is 0.308 e. The Kier molecular flexibility index (Phi) is 10.2. The van der Waals surface area contributed by atoms with E-state index >= 15 is 0 Å². The summed E-state index contributed by atoms with van der Waals surface area (Å²) in [5.74, 6) is 0.992. The molecular weight excluding hydrogens is 451 g/mol. The fourth-order valence-corrected chi connectivity index (χ4v) is 3.03. The highest BCUT2D eigenvalue weighted by Gasteiger charge is 2.27. The zero-order valence-corrected chi connectivity index (χ0v) is 18.2. The molecule has 2 aliphatic heterocycles. The van der Waals surface area contributed by atoms with Gasteiger partial charge in [0.05, 0.1) is 19.6 Å². The number of guanidine groups is 1. The van der Waals surface area contributed by atoms with Crippen molar-refractivity contribution in [3.8, 4) is 0 Å². The molecule has 8 nitrogen and oxygen atoms in total. The van der Waals surface area contributed by atoms with Crippen LogP contribution in [0.1, 0.15) is 19.3 Å². The van der Waals surface area contributed by atoms with Crippen LogP contribution in [0.4, 0.5) is 0 Å². The summed E-state index contributed by atoms with van der Waals surface area (Å²) in [4.78, 5) is 31.7. The minimum atomic E-state index is -0.142. The third-order valence-electron chi connectivity index (χ3n) is 4.76. The van der Waals surface area contributed by atoms with Crippen molar-refractivity contribution in [3.05, 3.63) is 0 Å². The van der Waals surface area contributed by atoms with Crippen LogP contribution in [0.25, 0.3) is 0 Å². The summed E-state index contributed by atoms with van der Waals surface area (Å²) in [6, 6.07) is 0. The number of esters is 1. The van der Waals surface area contributed by atoms with Gasteiger partial charge in [-0.25, -0.2) is 4.99 Å². The molecule has 1 amide bonds. The molecule has 1 atom stereocenters. The van der Waals surface area contributed by atoms with E-state index in [1.54, 1.807) is 14.1 Å². The van der Waals surface area contributed by atoms with Gasteiger partial charge >= 0.3 is 5.97 Å². The van der Waals surface area contributed by atoms with E-state index < -0.39 is 0 Å². The minimum absolute atomic E-state index is 0. The molecular formula is C17H31IN4O4. The number of piperidine rings is 1. The number of nitrogens with zero attached hydrogens (tertiary/aromatic N) is 3. The molecule has 1 unspecified atom stereocenters.